The molecule has 0 radical (unpaired) electrons. The molecule has 17 heavy (non-hydrogen) atoms. The van der Waals surface area contributed by atoms with Crippen LogP contribution in [0, 0.1) is 11.3 Å². The van der Waals surface area contributed by atoms with Gasteiger partial charge in [0.15, 0.2) is 0 Å². The van der Waals surface area contributed by atoms with Crippen molar-refractivity contribution in [2.24, 2.45) is 5.73 Å². The summed E-state index contributed by atoms with van der Waals surface area (Å²) >= 11 is 0. The van der Waals surface area contributed by atoms with Gasteiger partial charge in [-0.2, -0.15) is 5.26 Å². The zero-order valence-corrected chi connectivity index (χ0v) is 9.93. The van der Waals surface area contributed by atoms with Crippen molar-refractivity contribution in [3.63, 3.8) is 0 Å². The van der Waals surface area contributed by atoms with Crippen LogP contribution in [0.15, 0.2) is 24.3 Å². The lowest BCUT2D eigenvalue weighted by Gasteiger charge is -2.28. The maximum Gasteiger partial charge on any atom is 0.0995 e. The van der Waals surface area contributed by atoms with E-state index in [1.54, 1.807) is 0 Å². The SMILES string of the molecule is N#Cc1ccccc1COC1CCCCC1N. The average molecular weight is 230 g/mol. The Morgan fingerprint density at radius 1 is 1.29 bits per heavy atom. The Morgan fingerprint density at radius 2 is 2.06 bits per heavy atom. The highest BCUT2D eigenvalue weighted by Crippen LogP contribution is 2.21. The van der Waals surface area contributed by atoms with Gasteiger partial charge in [-0.05, 0) is 24.5 Å². The van der Waals surface area contributed by atoms with Gasteiger partial charge in [-0.3, -0.25) is 0 Å². The minimum Gasteiger partial charge on any atom is -0.372 e. The van der Waals surface area contributed by atoms with Crippen molar-refractivity contribution >= 4 is 0 Å². The van der Waals surface area contributed by atoms with Gasteiger partial charge in [-0.1, -0.05) is 31.0 Å². The number of nitrogens with two attached hydrogens (primary N) is 1. The van der Waals surface area contributed by atoms with Crippen molar-refractivity contribution in [1.29, 1.82) is 5.26 Å². The molecule has 2 N–H and O–H groups in total. The molecule has 0 amide bonds. The van der Waals surface area contributed by atoms with Gasteiger partial charge in [-0.15, -0.1) is 0 Å². The van der Waals surface area contributed by atoms with Crippen molar-refractivity contribution < 1.29 is 4.74 Å². The van der Waals surface area contributed by atoms with E-state index in [2.05, 4.69) is 6.07 Å². The first kappa shape index (κ1) is 12.1. The molecule has 1 fully saturated rings. The first-order chi connectivity index (χ1) is 8.31. The highest BCUT2D eigenvalue weighted by Gasteiger charge is 2.22. The quantitative estimate of drug-likeness (QED) is 0.867. The van der Waals surface area contributed by atoms with Gasteiger partial charge in [0.25, 0.3) is 0 Å². The van der Waals surface area contributed by atoms with E-state index in [1.807, 2.05) is 24.3 Å². The second kappa shape index (κ2) is 5.81. The summed E-state index contributed by atoms with van der Waals surface area (Å²) in [4.78, 5) is 0. The molecule has 3 heteroatoms. The lowest BCUT2D eigenvalue weighted by Crippen LogP contribution is -2.39. The van der Waals surface area contributed by atoms with Gasteiger partial charge in [0, 0.05) is 6.04 Å². The molecule has 0 spiro atoms. The molecule has 0 aliphatic heterocycles. The largest absolute Gasteiger partial charge is 0.372 e. The molecule has 1 aromatic carbocycles. The molecule has 1 aromatic rings. The molecule has 3 nitrogen and oxygen atoms in total. The number of nitrogens with zero attached hydrogens (tertiary/aromatic N) is 1. The Hall–Kier alpha value is -1.37. The van der Waals surface area contributed by atoms with Crippen LogP contribution in [0.1, 0.15) is 36.8 Å². The first-order valence-electron chi connectivity index (χ1n) is 6.16. The van der Waals surface area contributed by atoms with Gasteiger partial charge >= 0.3 is 0 Å². The summed E-state index contributed by atoms with van der Waals surface area (Å²) < 4.78 is 5.85. The first-order valence-corrected chi connectivity index (χ1v) is 6.16. The van der Waals surface area contributed by atoms with Crippen LogP contribution in [-0.4, -0.2) is 12.1 Å². The van der Waals surface area contributed by atoms with Gasteiger partial charge in [0.1, 0.15) is 0 Å². The summed E-state index contributed by atoms with van der Waals surface area (Å²) in [5.74, 6) is 0. The number of nitriles is 1. The highest BCUT2D eigenvalue weighted by molar-refractivity contribution is 5.36. The van der Waals surface area contributed by atoms with Crippen LogP contribution in [0.5, 0.6) is 0 Å². The average Bonchev–Trinajstić information content (AvgIpc) is 2.38. The Bertz CT molecular complexity index is 411. The molecule has 1 saturated carbocycles. The summed E-state index contributed by atoms with van der Waals surface area (Å²) in [7, 11) is 0. The van der Waals surface area contributed by atoms with E-state index >= 15 is 0 Å². The number of benzene rings is 1. The number of ether oxygens (including phenoxy) is 1. The third kappa shape index (κ3) is 3.06. The van der Waals surface area contributed by atoms with Crippen LogP contribution in [-0.2, 0) is 11.3 Å². The summed E-state index contributed by atoms with van der Waals surface area (Å²) in [6.45, 7) is 0.488. The van der Waals surface area contributed by atoms with Crippen LogP contribution in [0.2, 0.25) is 0 Å². The van der Waals surface area contributed by atoms with Crippen LogP contribution in [0.4, 0.5) is 0 Å². The second-order valence-corrected chi connectivity index (χ2v) is 4.57. The van der Waals surface area contributed by atoms with E-state index in [1.165, 1.54) is 12.8 Å². The summed E-state index contributed by atoms with van der Waals surface area (Å²) in [6, 6.07) is 9.89. The van der Waals surface area contributed by atoms with Crippen molar-refractivity contribution in [3.05, 3.63) is 35.4 Å². The topological polar surface area (TPSA) is 59.0 Å². The summed E-state index contributed by atoms with van der Waals surface area (Å²) in [5.41, 5.74) is 7.67. The molecule has 90 valence electrons. The lowest BCUT2D eigenvalue weighted by molar-refractivity contribution is 0.00396. The van der Waals surface area contributed by atoms with E-state index < -0.39 is 0 Å². The maximum absolute atomic E-state index is 8.98. The van der Waals surface area contributed by atoms with Gasteiger partial charge in [-0.25, -0.2) is 0 Å². The molecule has 0 saturated heterocycles. The third-order valence-corrected chi connectivity index (χ3v) is 3.34. The molecule has 2 unspecified atom stereocenters. The lowest BCUT2D eigenvalue weighted by atomic mass is 9.93. The van der Waals surface area contributed by atoms with Crippen LogP contribution in [0.25, 0.3) is 0 Å². The molecule has 0 heterocycles. The molecule has 1 aliphatic carbocycles. The zero-order valence-electron chi connectivity index (χ0n) is 9.93. The van der Waals surface area contributed by atoms with E-state index in [0.29, 0.717) is 12.2 Å². The van der Waals surface area contributed by atoms with E-state index in [9.17, 15) is 0 Å². The molecule has 1 aliphatic rings. The van der Waals surface area contributed by atoms with Crippen molar-refractivity contribution in [3.8, 4) is 6.07 Å². The molecular formula is C14H18N2O. The molecule has 2 atom stereocenters. The fourth-order valence-corrected chi connectivity index (χ4v) is 2.28. The molecule has 0 bridgehead atoms. The van der Waals surface area contributed by atoms with Gasteiger partial charge < -0.3 is 10.5 Å². The van der Waals surface area contributed by atoms with Crippen LogP contribution >= 0.6 is 0 Å². The van der Waals surface area contributed by atoms with Crippen molar-refractivity contribution in [2.45, 2.75) is 44.4 Å². The standard InChI is InChI=1S/C14H18N2O/c15-9-11-5-1-2-6-12(11)10-17-14-8-4-3-7-13(14)16/h1-2,5-6,13-14H,3-4,7-8,10,16H2. The second-order valence-electron chi connectivity index (χ2n) is 4.57. The Morgan fingerprint density at radius 3 is 2.82 bits per heavy atom. The fourth-order valence-electron chi connectivity index (χ4n) is 2.28. The predicted molar refractivity (Wildman–Crippen MR) is 66.2 cm³/mol. The zero-order chi connectivity index (χ0) is 12.1. The Kier molecular flexibility index (Phi) is 4.13. The smallest absolute Gasteiger partial charge is 0.0995 e. The Labute approximate surface area is 102 Å². The Balaban J connectivity index is 1.95. The fraction of sp³-hybridized carbons (Fsp3) is 0.500. The third-order valence-electron chi connectivity index (χ3n) is 3.34. The normalized spacial score (nSPS) is 24.2. The van der Waals surface area contributed by atoms with Gasteiger partial charge in [0.2, 0.25) is 0 Å². The molecule has 2 rings (SSSR count). The number of rotatable bonds is 3. The summed E-state index contributed by atoms with van der Waals surface area (Å²) in [5, 5.41) is 8.98. The number of hydrogen-bond acceptors (Lipinski definition) is 3. The van der Waals surface area contributed by atoms with Gasteiger partial charge in [0.05, 0.1) is 24.3 Å². The highest BCUT2D eigenvalue weighted by atomic mass is 16.5. The van der Waals surface area contributed by atoms with E-state index in [4.69, 9.17) is 15.7 Å². The van der Waals surface area contributed by atoms with Crippen LogP contribution < -0.4 is 5.73 Å². The number of hydrogen-bond donors (Lipinski definition) is 1. The minimum absolute atomic E-state index is 0.149. The monoisotopic (exact) mass is 230 g/mol. The van der Waals surface area contributed by atoms with E-state index in [-0.39, 0.29) is 12.1 Å². The molecule has 0 aromatic heterocycles. The van der Waals surface area contributed by atoms with E-state index in [0.717, 1.165) is 18.4 Å². The maximum atomic E-state index is 8.98. The predicted octanol–water partition coefficient (Wildman–Crippen LogP) is 2.34. The van der Waals surface area contributed by atoms with Crippen molar-refractivity contribution in [2.75, 3.05) is 0 Å². The molecular weight excluding hydrogens is 212 g/mol. The van der Waals surface area contributed by atoms with Crippen LogP contribution in [0.3, 0.4) is 0 Å². The minimum atomic E-state index is 0.149. The summed E-state index contributed by atoms with van der Waals surface area (Å²) in [6.07, 6.45) is 4.63. The van der Waals surface area contributed by atoms with Crippen molar-refractivity contribution in [1.82, 2.24) is 0 Å².